The highest BCUT2D eigenvalue weighted by Gasteiger charge is 2.34. The van der Waals surface area contributed by atoms with Crippen molar-refractivity contribution < 1.29 is 17.9 Å². The van der Waals surface area contributed by atoms with E-state index in [0.717, 1.165) is 16.9 Å². The minimum Gasteiger partial charge on any atom is -0.487 e. The van der Waals surface area contributed by atoms with E-state index in [2.05, 4.69) is 11.4 Å². The fraction of sp³-hybridized carbons (Fsp3) is 0.435. The molecule has 0 unspecified atom stereocenters. The van der Waals surface area contributed by atoms with Crippen molar-refractivity contribution in [1.29, 1.82) is 0 Å². The summed E-state index contributed by atoms with van der Waals surface area (Å²) in [6, 6.07) is 14.8. The molecule has 1 amide bonds. The van der Waals surface area contributed by atoms with E-state index in [1.54, 1.807) is 24.3 Å². The molecular formula is C23H30N2O4S. The van der Waals surface area contributed by atoms with Crippen LogP contribution in [0.1, 0.15) is 50.3 Å². The third-order valence-corrected chi connectivity index (χ3v) is 6.36. The van der Waals surface area contributed by atoms with E-state index in [4.69, 9.17) is 4.74 Å². The Morgan fingerprint density at radius 1 is 1.20 bits per heavy atom. The number of anilines is 1. The zero-order valence-corrected chi connectivity index (χ0v) is 18.8. The van der Waals surface area contributed by atoms with E-state index in [1.807, 2.05) is 39.0 Å². The van der Waals surface area contributed by atoms with Crippen LogP contribution in [-0.2, 0) is 14.8 Å². The summed E-state index contributed by atoms with van der Waals surface area (Å²) in [5.41, 5.74) is 2.34. The van der Waals surface area contributed by atoms with Crippen molar-refractivity contribution in [2.45, 2.75) is 51.7 Å². The summed E-state index contributed by atoms with van der Waals surface area (Å²) in [7, 11) is -3.42. The van der Waals surface area contributed by atoms with Crippen molar-refractivity contribution in [1.82, 2.24) is 5.32 Å². The van der Waals surface area contributed by atoms with Crippen molar-refractivity contribution in [3.63, 3.8) is 0 Å². The van der Waals surface area contributed by atoms with Crippen LogP contribution in [0.4, 0.5) is 5.69 Å². The van der Waals surface area contributed by atoms with Gasteiger partial charge in [-0.15, -0.1) is 0 Å². The number of sulfonamides is 1. The number of hydrogen-bond acceptors (Lipinski definition) is 4. The summed E-state index contributed by atoms with van der Waals surface area (Å²) in [5, 5.41) is 3.12. The molecule has 1 atom stereocenters. The summed E-state index contributed by atoms with van der Waals surface area (Å²) < 4.78 is 31.8. The molecule has 1 N–H and O–H groups in total. The molecule has 30 heavy (non-hydrogen) atoms. The van der Waals surface area contributed by atoms with E-state index >= 15 is 0 Å². The van der Waals surface area contributed by atoms with Crippen LogP contribution in [0.2, 0.25) is 0 Å². The van der Waals surface area contributed by atoms with Crippen LogP contribution < -0.4 is 14.4 Å². The molecule has 0 aromatic heterocycles. The number of nitrogens with one attached hydrogen (secondary N) is 1. The van der Waals surface area contributed by atoms with Gasteiger partial charge in [-0.05, 0) is 45.4 Å². The number of carbonyl (C=O) groups is 1. The Labute approximate surface area is 179 Å². The normalized spacial score (nSPS) is 17.5. The molecule has 0 saturated carbocycles. The largest absolute Gasteiger partial charge is 0.487 e. The maximum atomic E-state index is 12.7. The lowest BCUT2D eigenvalue weighted by atomic mass is 9.89. The van der Waals surface area contributed by atoms with Gasteiger partial charge in [0.25, 0.3) is 0 Å². The molecule has 2 aromatic rings. The van der Waals surface area contributed by atoms with Crippen molar-refractivity contribution in [3.8, 4) is 5.75 Å². The van der Waals surface area contributed by atoms with E-state index in [-0.39, 0.29) is 30.5 Å². The van der Waals surface area contributed by atoms with Crippen LogP contribution in [-0.4, -0.2) is 32.7 Å². The van der Waals surface area contributed by atoms with Crippen LogP contribution in [0.3, 0.4) is 0 Å². The number of rotatable bonds is 7. The van der Waals surface area contributed by atoms with Gasteiger partial charge in [0.2, 0.25) is 15.9 Å². The van der Waals surface area contributed by atoms with Crippen LogP contribution in [0.15, 0.2) is 48.5 Å². The highest BCUT2D eigenvalue weighted by molar-refractivity contribution is 7.92. The molecule has 0 spiro atoms. The average molecular weight is 431 g/mol. The first kappa shape index (κ1) is 22.2. The fourth-order valence-corrected chi connectivity index (χ4v) is 4.80. The first-order valence-corrected chi connectivity index (χ1v) is 12.0. The van der Waals surface area contributed by atoms with Gasteiger partial charge in [-0.1, -0.05) is 35.9 Å². The van der Waals surface area contributed by atoms with Crippen molar-refractivity contribution in [3.05, 3.63) is 59.7 Å². The number of fused-ring (bicyclic) bond motifs is 1. The van der Waals surface area contributed by atoms with Crippen molar-refractivity contribution >= 4 is 21.6 Å². The van der Waals surface area contributed by atoms with Gasteiger partial charge in [0, 0.05) is 24.9 Å². The van der Waals surface area contributed by atoms with Crippen LogP contribution >= 0.6 is 0 Å². The van der Waals surface area contributed by atoms with E-state index in [0.29, 0.717) is 18.5 Å². The predicted molar refractivity (Wildman–Crippen MR) is 119 cm³/mol. The molecule has 6 nitrogen and oxygen atoms in total. The third-order valence-electron chi connectivity index (χ3n) is 5.17. The minimum absolute atomic E-state index is 0.0910. The SMILES string of the molecule is Cc1ccc2c(c1)[C@@H](NC(=O)CCCN(c1ccccc1)S(C)(=O)=O)CC(C)(C)O2. The second-order valence-electron chi connectivity index (χ2n) is 8.50. The first-order chi connectivity index (χ1) is 14.0. The van der Waals surface area contributed by atoms with Crippen LogP contribution in [0.25, 0.3) is 0 Å². The molecule has 2 aromatic carbocycles. The smallest absolute Gasteiger partial charge is 0.232 e. The number of para-hydroxylation sites is 1. The third kappa shape index (κ3) is 5.53. The Hall–Kier alpha value is -2.54. The van der Waals surface area contributed by atoms with Crippen molar-refractivity contribution in [2.75, 3.05) is 17.1 Å². The maximum absolute atomic E-state index is 12.7. The molecule has 3 rings (SSSR count). The lowest BCUT2D eigenvalue weighted by molar-refractivity contribution is -0.122. The molecule has 7 heteroatoms. The van der Waals surface area contributed by atoms with Gasteiger partial charge in [0.05, 0.1) is 18.0 Å². The zero-order chi connectivity index (χ0) is 21.9. The first-order valence-electron chi connectivity index (χ1n) is 10.2. The zero-order valence-electron chi connectivity index (χ0n) is 18.0. The Morgan fingerprint density at radius 2 is 1.90 bits per heavy atom. The molecule has 1 aliphatic heterocycles. The number of hydrogen-bond donors (Lipinski definition) is 1. The quantitative estimate of drug-likeness (QED) is 0.721. The second-order valence-corrected chi connectivity index (χ2v) is 10.4. The Morgan fingerprint density at radius 3 is 2.57 bits per heavy atom. The number of ether oxygens (including phenoxy) is 1. The molecule has 0 saturated heterocycles. The molecule has 162 valence electrons. The summed E-state index contributed by atoms with van der Waals surface area (Å²) in [5.74, 6) is 0.709. The van der Waals surface area contributed by atoms with Gasteiger partial charge >= 0.3 is 0 Å². The minimum atomic E-state index is -3.42. The summed E-state index contributed by atoms with van der Waals surface area (Å²) in [4.78, 5) is 12.7. The maximum Gasteiger partial charge on any atom is 0.232 e. The van der Waals surface area contributed by atoms with Gasteiger partial charge in [-0.25, -0.2) is 8.42 Å². The summed E-state index contributed by atoms with van der Waals surface area (Å²) >= 11 is 0. The van der Waals surface area contributed by atoms with Gasteiger partial charge in [0.15, 0.2) is 0 Å². The highest BCUT2D eigenvalue weighted by Crippen LogP contribution is 2.39. The Kier molecular flexibility index (Phi) is 6.41. The molecule has 0 bridgehead atoms. The van der Waals surface area contributed by atoms with E-state index < -0.39 is 10.0 Å². The number of amides is 1. The predicted octanol–water partition coefficient (Wildman–Crippen LogP) is 3.96. The van der Waals surface area contributed by atoms with Crippen LogP contribution in [0, 0.1) is 6.92 Å². The molecule has 0 fully saturated rings. The van der Waals surface area contributed by atoms with Crippen LogP contribution in [0.5, 0.6) is 5.75 Å². The Balaban J connectivity index is 1.64. The standard InChI is InChI=1S/C23H30N2O4S/c1-17-12-13-21-19(15-17)20(16-23(2,3)29-21)24-22(26)11-8-14-25(30(4,27)28)18-9-6-5-7-10-18/h5-7,9-10,12-13,15,20H,8,11,14,16H2,1-4H3,(H,24,26)/t20-/m0/s1. The van der Waals surface area contributed by atoms with Gasteiger partial charge < -0.3 is 10.1 Å². The van der Waals surface area contributed by atoms with Gasteiger partial charge in [-0.2, -0.15) is 0 Å². The molecular weight excluding hydrogens is 400 g/mol. The van der Waals surface area contributed by atoms with Crippen molar-refractivity contribution in [2.24, 2.45) is 0 Å². The summed E-state index contributed by atoms with van der Waals surface area (Å²) in [6.07, 6.45) is 2.54. The molecule has 0 aliphatic carbocycles. The topological polar surface area (TPSA) is 75.7 Å². The molecule has 1 aliphatic rings. The monoisotopic (exact) mass is 430 g/mol. The van der Waals surface area contributed by atoms with E-state index in [1.165, 1.54) is 10.6 Å². The number of aryl methyl sites for hydroxylation is 1. The molecule has 0 radical (unpaired) electrons. The number of nitrogens with zero attached hydrogens (tertiary/aromatic N) is 1. The lowest BCUT2D eigenvalue weighted by Crippen LogP contribution is -2.41. The van der Waals surface area contributed by atoms with Gasteiger partial charge in [-0.3, -0.25) is 9.10 Å². The average Bonchev–Trinajstić information content (AvgIpc) is 2.65. The highest BCUT2D eigenvalue weighted by atomic mass is 32.2. The second kappa shape index (κ2) is 8.68. The number of benzene rings is 2. The number of carbonyl (C=O) groups excluding carboxylic acids is 1. The summed E-state index contributed by atoms with van der Waals surface area (Å²) in [6.45, 7) is 6.30. The van der Waals surface area contributed by atoms with E-state index in [9.17, 15) is 13.2 Å². The fourth-order valence-electron chi connectivity index (χ4n) is 3.83. The Bertz CT molecular complexity index is 1000. The van der Waals surface area contributed by atoms with Gasteiger partial charge in [0.1, 0.15) is 11.4 Å². The lowest BCUT2D eigenvalue weighted by Gasteiger charge is -2.38. The molecule has 1 heterocycles.